The smallest absolute Gasteiger partial charge is 0.257 e. The van der Waals surface area contributed by atoms with E-state index in [0.717, 1.165) is 25.2 Å². The number of carbonyl (C=O) groups is 1. The van der Waals surface area contributed by atoms with Gasteiger partial charge in [0.25, 0.3) is 5.91 Å². The highest BCUT2D eigenvalue weighted by atomic mass is 35.5. The Labute approximate surface area is 128 Å². The predicted octanol–water partition coefficient (Wildman–Crippen LogP) is 2.81. The van der Waals surface area contributed by atoms with Crippen LogP contribution >= 0.6 is 23.7 Å². The minimum Gasteiger partial charge on any atom is -0.301 e. The van der Waals surface area contributed by atoms with Gasteiger partial charge in [-0.25, -0.2) is 4.98 Å². The molecule has 106 valence electrons. The average molecular weight is 310 g/mol. The quantitative estimate of drug-likeness (QED) is 0.928. The maximum Gasteiger partial charge on any atom is 0.257 e. The molecule has 0 saturated heterocycles. The Morgan fingerprint density at radius 2 is 2.10 bits per heavy atom. The number of nitrogens with one attached hydrogen (secondary N) is 1. The van der Waals surface area contributed by atoms with Gasteiger partial charge in [-0.05, 0) is 19.2 Å². The van der Waals surface area contributed by atoms with Crippen LogP contribution < -0.4 is 5.32 Å². The van der Waals surface area contributed by atoms with Crippen molar-refractivity contribution in [1.29, 1.82) is 0 Å². The fourth-order valence-corrected chi connectivity index (χ4v) is 3.22. The Kier molecular flexibility index (Phi) is 4.75. The zero-order valence-electron chi connectivity index (χ0n) is 11.1. The molecule has 1 aromatic carbocycles. The summed E-state index contributed by atoms with van der Waals surface area (Å²) in [6.07, 6.45) is 0.962. The summed E-state index contributed by atoms with van der Waals surface area (Å²) in [7, 11) is 2.10. The molecule has 0 unspecified atom stereocenters. The lowest BCUT2D eigenvalue weighted by Crippen LogP contribution is -2.25. The van der Waals surface area contributed by atoms with Crippen LogP contribution in [0.4, 0.5) is 5.13 Å². The maximum atomic E-state index is 12.0. The fourth-order valence-electron chi connectivity index (χ4n) is 2.14. The molecule has 1 amide bonds. The first-order valence-corrected chi connectivity index (χ1v) is 7.07. The van der Waals surface area contributed by atoms with Crippen molar-refractivity contribution in [3.63, 3.8) is 0 Å². The molecule has 1 aliphatic rings. The van der Waals surface area contributed by atoms with E-state index >= 15 is 0 Å². The summed E-state index contributed by atoms with van der Waals surface area (Å²) < 4.78 is 0. The van der Waals surface area contributed by atoms with Crippen LogP contribution in [0.25, 0.3) is 0 Å². The van der Waals surface area contributed by atoms with E-state index in [-0.39, 0.29) is 18.3 Å². The number of likely N-dealkylation sites (N-methyl/N-ethyl adjacent to an activating group) is 1. The molecule has 6 heteroatoms. The van der Waals surface area contributed by atoms with Crippen molar-refractivity contribution in [2.75, 3.05) is 18.9 Å². The van der Waals surface area contributed by atoms with E-state index < -0.39 is 0 Å². The number of benzene rings is 1. The van der Waals surface area contributed by atoms with Crippen molar-refractivity contribution in [3.8, 4) is 0 Å². The van der Waals surface area contributed by atoms with E-state index in [4.69, 9.17) is 0 Å². The minimum absolute atomic E-state index is 0. The Balaban J connectivity index is 0.00000147. The van der Waals surface area contributed by atoms with E-state index in [1.165, 1.54) is 4.88 Å². The van der Waals surface area contributed by atoms with Crippen molar-refractivity contribution in [1.82, 2.24) is 9.88 Å². The van der Waals surface area contributed by atoms with Gasteiger partial charge in [0.1, 0.15) is 0 Å². The number of halogens is 1. The van der Waals surface area contributed by atoms with Crippen LogP contribution in [0.2, 0.25) is 0 Å². The monoisotopic (exact) mass is 309 g/mol. The van der Waals surface area contributed by atoms with Crippen molar-refractivity contribution in [2.45, 2.75) is 13.0 Å². The number of carbonyl (C=O) groups excluding carboxylic acids is 1. The molecule has 0 saturated carbocycles. The summed E-state index contributed by atoms with van der Waals surface area (Å²) in [5, 5.41) is 3.58. The number of nitrogens with zero attached hydrogens (tertiary/aromatic N) is 2. The number of amides is 1. The molecule has 2 aromatic rings. The fraction of sp³-hybridized carbons (Fsp3) is 0.286. The van der Waals surface area contributed by atoms with Crippen LogP contribution in [-0.2, 0) is 13.0 Å². The second-order valence-corrected chi connectivity index (χ2v) is 5.78. The highest BCUT2D eigenvalue weighted by molar-refractivity contribution is 7.15. The Morgan fingerprint density at radius 1 is 1.35 bits per heavy atom. The van der Waals surface area contributed by atoms with Gasteiger partial charge in [-0.1, -0.05) is 18.2 Å². The highest BCUT2D eigenvalue weighted by Crippen LogP contribution is 2.27. The molecule has 1 aromatic heterocycles. The van der Waals surface area contributed by atoms with Gasteiger partial charge in [-0.2, -0.15) is 0 Å². The summed E-state index contributed by atoms with van der Waals surface area (Å²) in [6.45, 7) is 1.96. The molecule has 0 bridgehead atoms. The minimum atomic E-state index is -0.0972. The molecule has 0 spiro atoms. The lowest BCUT2D eigenvalue weighted by molar-refractivity contribution is 0.102. The Bertz CT molecular complexity index is 600. The Hall–Kier alpha value is -1.43. The van der Waals surface area contributed by atoms with Gasteiger partial charge in [0.15, 0.2) is 5.13 Å². The predicted molar refractivity (Wildman–Crippen MR) is 83.8 cm³/mol. The van der Waals surface area contributed by atoms with Gasteiger partial charge < -0.3 is 4.90 Å². The molecule has 20 heavy (non-hydrogen) atoms. The molecule has 0 radical (unpaired) electrons. The van der Waals surface area contributed by atoms with Crippen LogP contribution in [0.1, 0.15) is 20.9 Å². The first kappa shape index (κ1) is 15.0. The molecular weight excluding hydrogens is 294 g/mol. The second-order valence-electron chi connectivity index (χ2n) is 4.70. The molecular formula is C14H16ClN3OS. The zero-order chi connectivity index (χ0) is 13.2. The van der Waals surface area contributed by atoms with Crippen molar-refractivity contribution in [3.05, 3.63) is 46.5 Å². The Morgan fingerprint density at radius 3 is 2.85 bits per heavy atom. The molecule has 1 N–H and O–H groups in total. The summed E-state index contributed by atoms with van der Waals surface area (Å²) >= 11 is 1.58. The van der Waals surface area contributed by atoms with Gasteiger partial charge in [-0.15, -0.1) is 23.7 Å². The third-order valence-electron chi connectivity index (χ3n) is 3.18. The first-order valence-electron chi connectivity index (χ1n) is 6.26. The largest absolute Gasteiger partial charge is 0.301 e. The number of fused-ring (bicyclic) bond motifs is 1. The molecule has 1 aliphatic heterocycles. The van der Waals surface area contributed by atoms with E-state index in [1.54, 1.807) is 23.5 Å². The van der Waals surface area contributed by atoms with Crippen molar-refractivity contribution >= 4 is 34.8 Å². The van der Waals surface area contributed by atoms with Crippen molar-refractivity contribution in [2.24, 2.45) is 0 Å². The number of rotatable bonds is 2. The molecule has 0 aliphatic carbocycles. The highest BCUT2D eigenvalue weighted by Gasteiger charge is 2.19. The lowest BCUT2D eigenvalue weighted by Gasteiger charge is -2.20. The molecule has 0 atom stereocenters. The number of hydrogen-bond donors (Lipinski definition) is 1. The first-order chi connectivity index (χ1) is 9.22. The number of hydrogen-bond acceptors (Lipinski definition) is 4. The van der Waals surface area contributed by atoms with Crippen LogP contribution in [0, 0.1) is 0 Å². The number of thiazole rings is 1. The third-order valence-corrected chi connectivity index (χ3v) is 4.18. The average Bonchev–Trinajstić information content (AvgIpc) is 2.81. The van der Waals surface area contributed by atoms with Crippen LogP contribution in [0.15, 0.2) is 30.3 Å². The van der Waals surface area contributed by atoms with Crippen LogP contribution in [0.3, 0.4) is 0 Å². The lowest BCUT2D eigenvalue weighted by atomic mass is 10.2. The standard InChI is InChI=1S/C14H15N3OS.ClH/c1-17-8-7-11-12(9-17)19-14(15-11)16-13(18)10-5-3-2-4-6-10;/h2-6H,7-9H2,1H3,(H,15,16,18);1H. The van der Waals surface area contributed by atoms with Gasteiger partial charge >= 0.3 is 0 Å². The number of aromatic nitrogens is 1. The van der Waals surface area contributed by atoms with Crippen LogP contribution in [-0.4, -0.2) is 29.4 Å². The summed E-state index contributed by atoms with van der Waals surface area (Å²) in [5.41, 5.74) is 1.79. The van der Waals surface area contributed by atoms with Gasteiger partial charge in [0, 0.05) is 30.0 Å². The normalized spacial score (nSPS) is 14.2. The molecule has 2 heterocycles. The van der Waals surface area contributed by atoms with Crippen LogP contribution in [0.5, 0.6) is 0 Å². The third kappa shape index (κ3) is 3.17. The SMILES string of the molecule is CN1CCc2nc(NC(=O)c3ccccc3)sc2C1.Cl. The molecule has 3 rings (SSSR count). The second kappa shape index (κ2) is 6.35. The summed E-state index contributed by atoms with van der Waals surface area (Å²) in [4.78, 5) is 20.1. The number of anilines is 1. The molecule has 0 fully saturated rings. The van der Waals surface area contributed by atoms with Gasteiger partial charge in [-0.3, -0.25) is 10.1 Å². The van der Waals surface area contributed by atoms with Gasteiger partial charge in [0.05, 0.1) is 5.69 Å². The van der Waals surface area contributed by atoms with E-state index in [2.05, 4.69) is 22.2 Å². The summed E-state index contributed by atoms with van der Waals surface area (Å²) in [5.74, 6) is -0.0972. The van der Waals surface area contributed by atoms with Crippen molar-refractivity contribution < 1.29 is 4.79 Å². The summed E-state index contributed by atoms with van der Waals surface area (Å²) in [6, 6.07) is 9.22. The topological polar surface area (TPSA) is 45.2 Å². The van der Waals surface area contributed by atoms with E-state index in [0.29, 0.717) is 10.7 Å². The molecule has 4 nitrogen and oxygen atoms in total. The van der Waals surface area contributed by atoms with E-state index in [1.807, 2.05) is 18.2 Å². The zero-order valence-corrected chi connectivity index (χ0v) is 12.8. The van der Waals surface area contributed by atoms with Gasteiger partial charge in [0.2, 0.25) is 0 Å². The maximum absolute atomic E-state index is 12.0. The van der Waals surface area contributed by atoms with E-state index in [9.17, 15) is 4.79 Å².